The number of piperidine rings is 1. The number of nitrogens with zero attached hydrogens (tertiary/aromatic N) is 2. The molecule has 1 saturated heterocycles. The number of likely N-dealkylation sites (N-methyl/N-ethyl adjacent to an activating group) is 1. The minimum atomic E-state index is -0.223. The molecule has 1 heterocycles. The molecule has 2 fully saturated rings. The minimum Gasteiger partial charge on any atom is -0.497 e. The van der Waals surface area contributed by atoms with Crippen molar-refractivity contribution in [3.63, 3.8) is 0 Å². The Kier molecular flexibility index (Phi) is 6.21. The lowest BCUT2D eigenvalue weighted by Gasteiger charge is -2.32. The fourth-order valence-corrected chi connectivity index (χ4v) is 3.33. The summed E-state index contributed by atoms with van der Waals surface area (Å²) in [7, 11) is 3.19. The fraction of sp³-hybridized carbons (Fsp3) is 0.600. The second-order valence-electron chi connectivity index (χ2n) is 7.23. The van der Waals surface area contributed by atoms with Gasteiger partial charge in [0.1, 0.15) is 17.6 Å². The monoisotopic (exact) mass is 376 g/mol. The standard InChI is InChI=1S/C20H28N2O5/c1-21(11-12-23)20(25)17-13-16(26-2)5-6-18(17)27-15-7-9-22(10-8-15)19(24)14-3-4-14/h5-6,13-15,23H,3-4,7-12H2,1-2H3. The highest BCUT2D eigenvalue weighted by molar-refractivity contribution is 5.97. The van der Waals surface area contributed by atoms with Crippen LogP contribution >= 0.6 is 0 Å². The molecule has 1 aromatic carbocycles. The Labute approximate surface area is 159 Å². The molecule has 2 aliphatic rings. The zero-order chi connectivity index (χ0) is 19.4. The Morgan fingerprint density at radius 1 is 1.22 bits per heavy atom. The van der Waals surface area contributed by atoms with Crippen LogP contribution in [0.3, 0.4) is 0 Å². The number of rotatable bonds is 7. The van der Waals surface area contributed by atoms with Crippen molar-refractivity contribution in [1.29, 1.82) is 0 Å². The zero-order valence-corrected chi connectivity index (χ0v) is 16.0. The van der Waals surface area contributed by atoms with E-state index in [2.05, 4.69) is 0 Å². The smallest absolute Gasteiger partial charge is 0.257 e. The fourth-order valence-electron chi connectivity index (χ4n) is 3.33. The van der Waals surface area contributed by atoms with Crippen LogP contribution in [0.25, 0.3) is 0 Å². The highest BCUT2D eigenvalue weighted by Gasteiger charge is 2.35. The molecule has 7 nitrogen and oxygen atoms in total. The van der Waals surface area contributed by atoms with E-state index in [1.807, 2.05) is 4.90 Å². The molecule has 0 atom stereocenters. The van der Waals surface area contributed by atoms with E-state index in [-0.39, 0.29) is 37.0 Å². The van der Waals surface area contributed by atoms with Crippen LogP contribution in [0, 0.1) is 5.92 Å². The van der Waals surface area contributed by atoms with E-state index in [1.54, 1.807) is 32.4 Å². The summed E-state index contributed by atoms with van der Waals surface area (Å²) in [6, 6.07) is 5.18. The minimum absolute atomic E-state index is 0.0312. The molecule has 0 spiro atoms. The second kappa shape index (κ2) is 8.61. The molecule has 7 heteroatoms. The first-order valence-electron chi connectivity index (χ1n) is 9.53. The number of aliphatic hydroxyl groups is 1. The Morgan fingerprint density at radius 3 is 2.52 bits per heavy atom. The molecule has 1 aliphatic carbocycles. The van der Waals surface area contributed by atoms with E-state index in [0.29, 0.717) is 30.2 Å². The molecule has 1 saturated carbocycles. The highest BCUT2D eigenvalue weighted by atomic mass is 16.5. The number of carbonyl (C=O) groups is 2. The van der Waals surface area contributed by atoms with Crippen molar-refractivity contribution in [1.82, 2.24) is 9.80 Å². The summed E-state index contributed by atoms with van der Waals surface area (Å²) < 4.78 is 11.4. The summed E-state index contributed by atoms with van der Waals surface area (Å²) in [5.74, 6) is 1.39. The number of hydrogen-bond acceptors (Lipinski definition) is 5. The van der Waals surface area contributed by atoms with Crippen molar-refractivity contribution >= 4 is 11.8 Å². The lowest BCUT2D eigenvalue weighted by atomic mass is 10.1. The maximum absolute atomic E-state index is 12.7. The van der Waals surface area contributed by atoms with Gasteiger partial charge in [-0.15, -0.1) is 0 Å². The summed E-state index contributed by atoms with van der Waals surface area (Å²) in [6.07, 6.45) is 3.52. The van der Waals surface area contributed by atoms with Gasteiger partial charge < -0.3 is 24.4 Å². The third-order valence-electron chi connectivity index (χ3n) is 5.17. The van der Waals surface area contributed by atoms with Crippen LogP contribution in [-0.4, -0.2) is 73.2 Å². The molecule has 0 bridgehead atoms. The molecule has 0 unspecified atom stereocenters. The van der Waals surface area contributed by atoms with Gasteiger partial charge in [-0.05, 0) is 31.0 Å². The van der Waals surface area contributed by atoms with Crippen molar-refractivity contribution in [3.8, 4) is 11.5 Å². The molecular weight excluding hydrogens is 348 g/mol. The van der Waals surface area contributed by atoms with Crippen LogP contribution < -0.4 is 9.47 Å². The van der Waals surface area contributed by atoms with Crippen molar-refractivity contribution in [2.45, 2.75) is 31.8 Å². The molecule has 1 aliphatic heterocycles. The third kappa shape index (κ3) is 4.71. The molecular formula is C20H28N2O5. The van der Waals surface area contributed by atoms with Gasteiger partial charge in [-0.2, -0.15) is 0 Å². The van der Waals surface area contributed by atoms with Gasteiger partial charge in [-0.25, -0.2) is 0 Å². The van der Waals surface area contributed by atoms with Crippen molar-refractivity contribution < 1.29 is 24.2 Å². The Hall–Kier alpha value is -2.28. The summed E-state index contributed by atoms with van der Waals surface area (Å²) in [5.41, 5.74) is 0.418. The highest BCUT2D eigenvalue weighted by Crippen LogP contribution is 2.33. The first-order valence-corrected chi connectivity index (χ1v) is 9.53. The number of ether oxygens (including phenoxy) is 2. The predicted molar refractivity (Wildman–Crippen MR) is 100.0 cm³/mol. The maximum Gasteiger partial charge on any atom is 0.257 e. The number of aliphatic hydroxyl groups excluding tert-OH is 1. The van der Waals surface area contributed by atoms with Crippen molar-refractivity contribution in [2.24, 2.45) is 5.92 Å². The van der Waals surface area contributed by atoms with Gasteiger partial charge in [-0.3, -0.25) is 9.59 Å². The van der Waals surface area contributed by atoms with Crippen LogP contribution in [0.15, 0.2) is 18.2 Å². The topological polar surface area (TPSA) is 79.3 Å². The molecule has 27 heavy (non-hydrogen) atoms. The molecule has 148 valence electrons. The molecule has 1 N–H and O–H groups in total. The van der Waals surface area contributed by atoms with E-state index in [0.717, 1.165) is 25.7 Å². The largest absolute Gasteiger partial charge is 0.497 e. The predicted octanol–water partition coefficient (Wildman–Crippen LogP) is 1.54. The molecule has 0 aromatic heterocycles. The quantitative estimate of drug-likeness (QED) is 0.781. The third-order valence-corrected chi connectivity index (χ3v) is 5.17. The summed E-state index contributed by atoms with van der Waals surface area (Å²) >= 11 is 0. The van der Waals surface area contributed by atoms with E-state index < -0.39 is 0 Å². The Balaban J connectivity index is 1.67. The normalized spacial score (nSPS) is 17.5. The molecule has 0 radical (unpaired) electrons. The lowest BCUT2D eigenvalue weighted by molar-refractivity contribution is -0.134. The molecule has 3 rings (SSSR count). The number of hydrogen-bond donors (Lipinski definition) is 1. The first kappa shape index (κ1) is 19.5. The number of likely N-dealkylation sites (tertiary alicyclic amines) is 1. The van der Waals surface area contributed by atoms with Gasteiger partial charge in [0.2, 0.25) is 5.91 Å². The zero-order valence-electron chi connectivity index (χ0n) is 16.0. The Morgan fingerprint density at radius 2 is 1.93 bits per heavy atom. The number of amides is 2. The van der Waals surface area contributed by atoms with Gasteiger partial charge in [0, 0.05) is 45.4 Å². The van der Waals surface area contributed by atoms with Gasteiger partial charge in [0.15, 0.2) is 0 Å². The number of methoxy groups -OCH3 is 1. The SMILES string of the molecule is COc1ccc(OC2CCN(C(=O)C3CC3)CC2)c(C(=O)N(C)CCO)c1. The number of carbonyl (C=O) groups excluding carboxylic acids is 2. The van der Waals surface area contributed by atoms with E-state index in [9.17, 15) is 9.59 Å². The van der Waals surface area contributed by atoms with E-state index in [1.165, 1.54) is 4.90 Å². The summed E-state index contributed by atoms with van der Waals surface area (Å²) in [4.78, 5) is 28.3. The van der Waals surface area contributed by atoms with Crippen LogP contribution in [0.5, 0.6) is 11.5 Å². The van der Waals surface area contributed by atoms with Crippen LogP contribution in [-0.2, 0) is 4.79 Å². The van der Waals surface area contributed by atoms with E-state index >= 15 is 0 Å². The van der Waals surface area contributed by atoms with Gasteiger partial charge in [0.25, 0.3) is 5.91 Å². The lowest BCUT2D eigenvalue weighted by Crippen LogP contribution is -2.42. The average molecular weight is 376 g/mol. The summed E-state index contributed by atoms with van der Waals surface area (Å²) in [6.45, 7) is 1.54. The second-order valence-corrected chi connectivity index (χ2v) is 7.23. The van der Waals surface area contributed by atoms with Crippen LogP contribution in [0.1, 0.15) is 36.0 Å². The van der Waals surface area contributed by atoms with Gasteiger partial charge >= 0.3 is 0 Å². The van der Waals surface area contributed by atoms with Gasteiger partial charge in [0.05, 0.1) is 19.3 Å². The van der Waals surface area contributed by atoms with E-state index in [4.69, 9.17) is 14.6 Å². The Bertz CT molecular complexity index is 681. The first-order chi connectivity index (χ1) is 13.0. The molecule has 2 amide bonds. The molecule has 1 aromatic rings. The average Bonchev–Trinajstić information content (AvgIpc) is 3.53. The maximum atomic E-state index is 12.7. The number of benzene rings is 1. The summed E-state index contributed by atoms with van der Waals surface area (Å²) in [5, 5.41) is 9.09. The van der Waals surface area contributed by atoms with Crippen molar-refractivity contribution in [3.05, 3.63) is 23.8 Å². The van der Waals surface area contributed by atoms with Gasteiger partial charge in [-0.1, -0.05) is 0 Å². The van der Waals surface area contributed by atoms with Crippen molar-refractivity contribution in [2.75, 3.05) is 40.4 Å². The van der Waals surface area contributed by atoms with Crippen LogP contribution in [0.4, 0.5) is 0 Å². The van der Waals surface area contributed by atoms with Crippen LogP contribution in [0.2, 0.25) is 0 Å².